The summed E-state index contributed by atoms with van der Waals surface area (Å²) in [6, 6.07) is 19.6. The maximum atomic E-state index is 12.7. The minimum atomic E-state index is -4.74. The summed E-state index contributed by atoms with van der Waals surface area (Å²) in [5.74, 6) is 1.44. The predicted molar refractivity (Wildman–Crippen MR) is 177 cm³/mol. The lowest BCUT2D eigenvalue weighted by Gasteiger charge is -2.22. The van der Waals surface area contributed by atoms with Gasteiger partial charge in [-0.3, -0.25) is 0 Å². The molecule has 1 unspecified atom stereocenters. The molecule has 8 nitrogen and oxygen atoms in total. The number of thioether (sulfide) groups is 1. The normalized spacial score (nSPS) is 14.9. The largest absolute Gasteiger partial charge is 0.573 e. The van der Waals surface area contributed by atoms with E-state index in [0.717, 1.165) is 60.0 Å². The van der Waals surface area contributed by atoms with Gasteiger partial charge in [0.2, 0.25) is 0 Å². The minimum Gasteiger partial charge on any atom is -0.406 e. The Hall–Kier alpha value is -4.32. The number of amides is 2. The van der Waals surface area contributed by atoms with E-state index in [1.165, 1.54) is 46.4 Å². The molecule has 2 amide bonds. The highest BCUT2D eigenvalue weighted by molar-refractivity contribution is 8.14. The molecule has 0 bridgehead atoms. The number of rotatable bonds is 11. The molecule has 1 aromatic heterocycles. The zero-order valence-electron chi connectivity index (χ0n) is 26.1. The maximum Gasteiger partial charge on any atom is 0.573 e. The van der Waals surface area contributed by atoms with Crippen LogP contribution in [-0.4, -0.2) is 51.2 Å². The quantitative estimate of drug-likeness (QED) is 0.177. The molecule has 0 spiro atoms. The van der Waals surface area contributed by atoms with E-state index < -0.39 is 6.36 Å². The van der Waals surface area contributed by atoms with Gasteiger partial charge in [0.15, 0.2) is 11.0 Å². The second-order valence-corrected chi connectivity index (χ2v) is 12.4. The van der Waals surface area contributed by atoms with Gasteiger partial charge in [-0.05, 0) is 79.1 Å². The molecule has 1 N–H and O–H groups in total. The number of hydrogen-bond donors (Lipinski definition) is 1. The third kappa shape index (κ3) is 8.90. The first-order chi connectivity index (χ1) is 22.1. The van der Waals surface area contributed by atoms with Crippen LogP contribution in [0.15, 0.2) is 78.0 Å². The van der Waals surface area contributed by atoms with Crippen molar-refractivity contribution in [3.8, 4) is 22.8 Å². The third-order valence-corrected chi connectivity index (χ3v) is 8.52. The van der Waals surface area contributed by atoms with Crippen molar-refractivity contribution in [1.82, 2.24) is 20.1 Å². The smallest absolute Gasteiger partial charge is 0.406 e. The molecule has 1 atom stereocenters. The Balaban J connectivity index is 1.10. The summed E-state index contributed by atoms with van der Waals surface area (Å²) < 4.78 is 42.7. The Labute approximate surface area is 271 Å². The van der Waals surface area contributed by atoms with E-state index in [2.05, 4.69) is 69.0 Å². The Morgan fingerprint density at radius 1 is 1.11 bits per heavy atom. The van der Waals surface area contributed by atoms with Gasteiger partial charge in [0.25, 0.3) is 0 Å². The van der Waals surface area contributed by atoms with E-state index in [9.17, 15) is 18.0 Å². The van der Waals surface area contributed by atoms with Crippen molar-refractivity contribution in [3.05, 3.63) is 89.7 Å². The molecule has 5 rings (SSSR count). The molecule has 1 aliphatic rings. The first kappa shape index (κ1) is 33.1. The van der Waals surface area contributed by atoms with E-state index in [0.29, 0.717) is 24.0 Å². The first-order valence-electron chi connectivity index (χ1n) is 15.3. The van der Waals surface area contributed by atoms with Gasteiger partial charge in [-0.2, -0.15) is 4.99 Å². The number of aliphatic imine (C=N–C) groups is 1. The summed E-state index contributed by atoms with van der Waals surface area (Å²) in [5.41, 5.74) is 6.16. The number of aryl methyl sites for hydroxylation is 2. The standard InChI is InChI=1S/C34H37F3N6O2S/c1-4-5-26-9-6-23(2)21-30(26)42-18-19-46-33(42)40-32(44)38-17-16-24(3)20-25-7-10-27(11-8-25)31-39-22-43(41-31)28-12-14-29(15-13-28)45-34(35,36)37/h6-15,21-22,24H,4-5,16-20H2,1-3H3,(H,38,44)/b40-33-. The van der Waals surface area contributed by atoms with Crippen LogP contribution >= 0.6 is 11.8 Å². The number of carbonyl (C=O) groups excluding carboxylic acids is 1. The van der Waals surface area contributed by atoms with E-state index in [1.807, 2.05) is 24.3 Å². The summed E-state index contributed by atoms with van der Waals surface area (Å²) in [7, 11) is 0. The molecule has 3 aromatic carbocycles. The van der Waals surface area contributed by atoms with Crippen LogP contribution in [0.3, 0.4) is 0 Å². The molecule has 1 aliphatic heterocycles. The van der Waals surface area contributed by atoms with E-state index in [4.69, 9.17) is 0 Å². The molecule has 12 heteroatoms. The molecule has 1 fully saturated rings. The molecule has 242 valence electrons. The van der Waals surface area contributed by atoms with Crippen LogP contribution in [0.1, 0.15) is 43.4 Å². The highest BCUT2D eigenvalue weighted by atomic mass is 32.2. The van der Waals surface area contributed by atoms with Gasteiger partial charge in [0, 0.05) is 30.1 Å². The average molecular weight is 651 g/mol. The predicted octanol–water partition coefficient (Wildman–Crippen LogP) is 7.98. The number of nitrogens with one attached hydrogen (secondary N) is 1. The van der Waals surface area contributed by atoms with Gasteiger partial charge in [-0.25, -0.2) is 14.5 Å². The van der Waals surface area contributed by atoms with Gasteiger partial charge in [0.05, 0.1) is 5.69 Å². The second kappa shape index (κ2) is 14.8. The molecule has 46 heavy (non-hydrogen) atoms. The number of amidine groups is 1. The van der Waals surface area contributed by atoms with Gasteiger partial charge in [-0.15, -0.1) is 18.3 Å². The number of halogens is 3. The van der Waals surface area contributed by atoms with Crippen LogP contribution in [0.25, 0.3) is 17.1 Å². The number of alkyl halides is 3. The number of urea groups is 1. The van der Waals surface area contributed by atoms with Crippen molar-refractivity contribution in [2.75, 3.05) is 23.7 Å². The zero-order valence-corrected chi connectivity index (χ0v) is 26.9. The fourth-order valence-electron chi connectivity index (χ4n) is 5.29. The van der Waals surface area contributed by atoms with Gasteiger partial charge >= 0.3 is 12.4 Å². The lowest BCUT2D eigenvalue weighted by Crippen LogP contribution is -2.29. The number of benzene rings is 3. The van der Waals surface area contributed by atoms with Crippen molar-refractivity contribution < 1.29 is 22.7 Å². The molecule has 0 radical (unpaired) electrons. The van der Waals surface area contributed by atoms with Gasteiger partial charge in [-0.1, -0.05) is 68.4 Å². The minimum absolute atomic E-state index is 0.299. The highest BCUT2D eigenvalue weighted by Crippen LogP contribution is 2.31. The lowest BCUT2D eigenvalue weighted by molar-refractivity contribution is -0.274. The number of aromatic nitrogens is 3. The summed E-state index contributed by atoms with van der Waals surface area (Å²) in [5, 5.41) is 8.18. The topological polar surface area (TPSA) is 84.6 Å². The molecular weight excluding hydrogens is 613 g/mol. The van der Waals surface area contributed by atoms with Crippen LogP contribution < -0.4 is 15.0 Å². The zero-order chi connectivity index (χ0) is 32.7. The van der Waals surface area contributed by atoms with Crippen molar-refractivity contribution in [3.63, 3.8) is 0 Å². The SMILES string of the molecule is CCCc1ccc(C)cc1N1CCS/C1=N\C(=O)NCCC(C)Cc1ccc(-c2ncn(-c3ccc(OC(F)(F)F)cc3)n2)cc1. The number of hydrogen-bond acceptors (Lipinski definition) is 5. The number of nitrogens with zero attached hydrogens (tertiary/aromatic N) is 5. The maximum absolute atomic E-state index is 12.7. The van der Waals surface area contributed by atoms with E-state index in [1.54, 1.807) is 11.8 Å². The van der Waals surface area contributed by atoms with Crippen LogP contribution in [0.5, 0.6) is 5.75 Å². The van der Waals surface area contributed by atoms with Crippen LogP contribution in [-0.2, 0) is 12.8 Å². The highest BCUT2D eigenvalue weighted by Gasteiger charge is 2.31. The molecule has 1 saturated heterocycles. The van der Waals surface area contributed by atoms with Crippen molar-refractivity contribution in [2.45, 2.75) is 52.8 Å². The second-order valence-electron chi connectivity index (χ2n) is 11.4. The average Bonchev–Trinajstić information content (AvgIpc) is 3.69. The Bertz CT molecular complexity index is 1650. The number of carbonyl (C=O) groups is 1. The van der Waals surface area contributed by atoms with E-state index >= 15 is 0 Å². The third-order valence-electron chi connectivity index (χ3n) is 7.56. The van der Waals surface area contributed by atoms with Gasteiger partial charge < -0.3 is 15.0 Å². The monoisotopic (exact) mass is 650 g/mol. The fourth-order valence-corrected chi connectivity index (χ4v) is 6.24. The van der Waals surface area contributed by atoms with Crippen LogP contribution in [0.4, 0.5) is 23.7 Å². The first-order valence-corrected chi connectivity index (χ1v) is 16.3. The Kier molecular flexibility index (Phi) is 10.7. The molecular formula is C34H37F3N6O2S. The van der Waals surface area contributed by atoms with Crippen LogP contribution in [0, 0.1) is 12.8 Å². The molecule has 2 heterocycles. The van der Waals surface area contributed by atoms with Crippen molar-refractivity contribution in [1.29, 1.82) is 0 Å². The number of anilines is 1. The van der Waals surface area contributed by atoms with E-state index in [-0.39, 0.29) is 11.8 Å². The Morgan fingerprint density at radius 3 is 2.59 bits per heavy atom. The summed E-state index contributed by atoms with van der Waals surface area (Å²) >= 11 is 1.62. The van der Waals surface area contributed by atoms with Crippen LogP contribution in [0.2, 0.25) is 0 Å². The van der Waals surface area contributed by atoms with Gasteiger partial charge in [0.1, 0.15) is 12.1 Å². The van der Waals surface area contributed by atoms with Crippen molar-refractivity contribution in [2.24, 2.45) is 10.9 Å². The summed E-state index contributed by atoms with van der Waals surface area (Å²) in [6.07, 6.45) is 0.475. The summed E-state index contributed by atoms with van der Waals surface area (Å²) in [4.78, 5) is 23.7. The lowest BCUT2D eigenvalue weighted by atomic mass is 9.97. The number of ether oxygens (including phenoxy) is 1. The molecule has 0 aliphatic carbocycles. The fraction of sp³-hybridized carbons (Fsp3) is 0.353. The molecule has 4 aromatic rings. The molecule has 0 saturated carbocycles. The van der Waals surface area contributed by atoms with Crippen molar-refractivity contribution >= 4 is 28.6 Å². The Morgan fingerprint density at radius 2 is 1.87 bits per heavy atom. The summed E-state index contributed by atoms with van der Waals surface area (Å²) in [6.45, 7) is 7.79.